The van der Waals surface area contributed by atoms with Crippen LogP contribution in [0.1, 0.15) is 43.1 Å². The van der Waals surface area contributed by atoms with E-state index in [1.54, 1.807) is 11.8 Å². The molecule has 0 aliphatic heterocycles. The van der Waals surface area contributed by atoms with Crippen LogP contribution in [-0.4, -0.2) is 21.3 Å². The molecule has 1 fully saturated rings. The van der Waals surface area contributed by atoms with Gasteiger partial charge in [0.05, 0.1) is 0 Å². The molecule has 0 saturated heterocycles. The summed E-state index contributed by atoms with van der Waals surface area (Å²) in [5.74, 6) is 0.773. The quantitative estimate of drug-likeness (QED) is 0.835. The number of aromatic nitrogens is 2. The molecular weight excluding hydrogens is 242 g/mol. The van der Waals surface area contributed by atoms with Crippen LogP contribution in [0.5, 0.6) is 0 Å². The van der Waals surface area contributed by atoms with Gasteiger partial charge < -0.3 is 5.73 Å². The normalized spacial score (nSPS) is 28.4. The minimum atomic E-state index is 0.289. The van der Waals surface area contributed by atoms with Crippen molar-refractivity contribution in [2.45, 2.75) is 63.4 Å². The molecule has 1 aromatic rings. The number of aryl methyl sites for hydroxylation is 2. The fourth-order valence-corrected chi connectivity index (χ4v) is 3.80. The summed E-state index contributed by atoms with van der Waals surface area (Å²) in [4.78, 5) is 9.17. The van der Waals surface area contributed by atoms with Gasteiger partial charge >= 0.3 is 0 Å². The first-order chi connectivity index (χ1) is 8.47. The standard InChI is InChI=1S/C14H23N3S/c1-8-5-6-12(15)13(7-8)18-14-16-10(3)9(2)11(4)17-14/h8,12-13H,5-7,15H2,1-4H3. The Morgan fingerprint density at radius 3 is 2.33 bits per heavy atom. The molecular formula is C14H23N3S. The van der Waals surface area contributed by atoms with Crippen LogP contribution in [0, 0.1) is 26.7 Å². The maximum absolute atomic E-state index is 6.22. The highest BCUT2D eigenvalue weighted by molar-refractivity contribution is 7.99. The van der Waals surface area contributed by atoms with Crippen molar-refractivity contribution in [1.29, 1.82) is 0 Å². The highest BCUT2D eigenvalue weighted by atomic mass is 32.2. The first-order valence-corrected chi connectivity index (χ1v) is 7.59. The molecule has 3 nitrogen and oxygen atoms in total. The number of rotatable bonds is 2. The van der Waals surface area contributed by atoms with Crippen molar-refractivity contribution < 1.29 is 0 Å². The maximum atomic E-state index is 6.22. The van der Waals surface area contributed by atoms with Crippen molar-refractivity contribution >= 4 is 11.8 Å². The second-order valence-electron chi connectivity index (χ2n) is 5.54. The van der Waals surface area contributed by atoms with E-state index >= 15 is 0 Å². The molecule has 2 N–H and O–H groups in total. The van der Waals surface area contributed by atoms with E-state index in [1.165, 1.54) is 18.4 Å². The molecule has 0 spiro atoms. The van der Waals surface area contributed by atoms with E-state index in [0.717, 1.165) is 28.9 Å². The molecule has 1 aliphatic rings. The summed E-state index contributed by atoms with van der Waals surface area (Å²) in [7, 11) is 0. The number of nitrogens with zero attached hydrogens (tertiary/aromatic N) is 2. The summed E-state index contributed by atoms with van der Waals surface area (Å²) in [6.45, 7) is 8.49. The molecule has 2 rings (SSSR count). The SMILES string of the molecule is Cc1nc(SC2CC(C)CCC2N)nc(C)c1C. The van der Waals surface area contributed by atoms with Gasteiger partial charge in [-0.05, 0) is 51.5 Å². The van der Waals surface area contributed by atoms with Crippen LogP contribution in [0.15, 0.2) is 5.16 Å². The fraction of sp³-hybridized carbons (Fsp3) is 0.714. The molecule has 1 heterocycles. The van der Waals surface area contributed by atoms with Gasteiger partial charge in [0.2, 0.25) is 0 Å². The van der Waals surface area contributed by atoms with Crippen LogP contribution < -0.4 is 5.73 Å². The summed E-state index contributed by atoms with van der Waals surface area (Å²) < 4.78 is 0. The highest BCUT2D eigenvalue weighted by Crippen LogP contribution is 2.34. The molecule has 3 unspecified atom stereocenters. The zero-order valence-corrected chi connectivity index (χ0v) is 12.5. The Labute approximate surface area is 114 Å². The van der Waals surface area contributed by atoms with Gasteiger partial charge in [0.25, 0.3) is 0 Å². The summed E-state index contributed by atoms with van der Waals surface area (Å²) >= 11 is 1.77. The maximum Gasteiger partial charge on any atom is 0.188 e. The van der Waals surface area contributed by atoms with Crippen LogP contribution in [-0.2, 0) is 0 Å². The van der Waals surface area contributed by atoms with E-state index < -0.39 is 0 Å². The third-order valence-corrected chi connectivity index (χ3v) is 5.21. The van der Waals surface area contributed by atoms with E-state index in [-0.39, 0.29) is 6.04 Å². The average molecular weight is 265 g/mol. The summed E-state index contributed by atoms with van der Waals surface area (Å²) in [5, 5.41) is 1.36. The first kappa shape index (κ1) is 13.8. The second kappa shape index (κ2) is 5.57. The van der Waals surface area contributed by atoms with E-state index in [9.17, 15) is 0 Å². The Hall–Kier alpha value is -0.610. The number of nitrogens with two attached hydrogens (primary N) is 1. The molecule has 0 aromatic carbocycles. The van der Waals surface area contributed by atoms with Gasteiger partial charge in [-0.15, -0.1) is 0 Å². The van der Waals surface area contributed by atoms with Gasteiger partial charge in [-0.3, -0.25) is 0 Å². The lowest BCUT2D eigenvalue weighted by Gasteiger charge is -2.31. The number of hydrogen-bond acceptors (Lipinski definition) is 4. The predicted octanol–water partition coefficient (Wildman–Crippen LogP) is 3.01. The van der Waals surface area contributed by atoms with Gasteiger partial charge in [0.15, 0.2) is 5.16 Å². The molecule has 4 heteroatoms. The van der Waals surface area contributed by atoms with Crippen LogP contribution in [0.25, 0.3) is 0 Å². The van der Waals surface area contributed by atoms with E-state index in [1.807, 2.05) is 0 Å². The van der Waals surface area contributed by atoms with Gasteiger partial charge in [0.1, 0.15) is 0 Å². The van der Waals surface area contributed by atoms with Crippen LogP contribution in [0.2, 0.25) is 0 Å². The van der Waals surface area contributed by atoms with E-state index in [0.29, 0.717) is 5.25 Å². The molecule has 0 radical (unpaired) electrons. The van der Waals surface area contributed by atoms with Crippen molar-refractivity contribution in [3.8, 4) is 0 Å². The van der Waals surface area contributed by atoms with Gasteiger partial charge in [-0.25, -0.2) is 9.97 Å². The highest BCUT2D eigenvalue weighted by Gasteiger charge is 2.27. The molecule has 1 aliphatic carbocycles. The summed E-state index contributed by atoms with van der Waals surface area (Å²) in [5.41, 5.74) is 9.58. The topological polar surface area (TPSA) is 51.8 Å². The lowest BCUT2D eigenvalue weighted by molar-refractivity contribution is 0.357. The number of hydrogen-bond donors (Lipinski definition) is 1. The van der Waals surface area contributed by atoms with Gasteiger partial charge in [-0.1, -0.05) is 18.7 Å². The Morgan fingerprint density at radius 2 is 1.72 bits per heavy atom. The van der Waals surface area contributed by atoms with Gasteiger partial charge in [-0.2, -0.15) is 0 Å². The molecule has 3 atom stereocenters. The smallest absolute Gasteiger partial charge is 0.188 e. The second-order valence-corrected chi connectivity index (χ2v) is 6.75. The zero-order chi connectivity index (χ0) is 13.3. The fourth-order valence-electron chi connectivity index (χ4n) is 2.42. The first-order valence-electron chi connectivity index (χ1n) is 6.71. The molecule has 0 bridgehead atoms. The zero-order valence-electron chi connectivity index (χ0n) is 11.7. The average Bonchev–Trinajstić information content (AvgIpc) is 2.31. The van der Waals surface area contributed by atoms with Crippen molar-refractivity contribution in [2.75, 3.05) is 0 Å². The van der Waals surface area contributed by atoms with Crippen LogP contribution >= 0.6 is 11.8 Å². The van der Waals surface area contributed by atoms with Crippen molar-refractivity contribution in [1.82, 2.24) is 9.97 Å². The minimum absolute atomic E-state index is 0.289. The summed E-state index contributed by atoms with van der Waals surface area (Å²) in [6, 6.07) is 0.289. The van der Waals surface area contributed by atoms with Crippen molar-refractivity contribution in [3.05, 3.63) is 17.0 Å². The van der Waals surface area contributed by atoms with Crippen LogP contribution in [0.3, 0.4) is 0 Å². The Bertz CT molecular complexity index is 410. The van der Waals surface area contributed by atoms with Gasteiger partial charge in [0, 0.05) is 22.7 Å². The Balaban J connectivity index is 2.13. The largest absolute Gasteiger partial charge is 0.327 e. The van der Waals surface area contributed by atoms with E-state index in [4.69, 9.17) is 5.73 Å². The third-order valence-electron chi connectivity index (χ3n) is 3.97. The molecule has 1 saturated carbocycles. The molecule has 0 amide bonds. The summed E-state index contributed by atoms with van der Waals surface area (Å²) in [6.07, 6.45) is 3.56. The van der Waals surface area contributed by atoms with Crippen molar-refractivity contribution in [2.24, 2.45) is 11.7 Å². The Kier molecular flexibility index (Phi) is 4.28. The molecule has 18 heavy (non-hydrogen) atoms. The predicted molar refractivity (Wildman–Crippen MR) is 76.9 cm³/mol. The Morgan fingerprint density at radius 1 is 1.11 bits per heavy atom. The number of thioether (sulfide) groups is 1. The third kappa shape index (κ3) is 3.04. The van der Waals surface area contributed by atoms with Crippen LogP contribution in [0.4, 0.5) is 0 Å². The molecule has 1 aromatic heterocycles. The minimum Gasteiger partial charge on any atom is -0.327 e. The van der Waals surface area contributed by atoms with Crippen molar-refractivity contribution in [3.63, 3.8) is 0 Å². The lowest BCUT2D eigenvalue weighted by Crippen LogP contribution is -2.37. The monoisotopic (exact) mass is 265 g/mol. The molecule has 100 valence electrons. The lowest BCUT2D eigenvalue weighted by atomic mass is 9.87. The van der Waals surface area contributed by atoms with E-state index in [2.05, 4.69) is 37.7 Å².